The molecule has 0 saturated carbocycles. The molecule has 0 radical (unpaired) electrons. The van der Waals surface area contributed by atoms with Crippen molar-refractivity contribution in [2.45, 2.75) is 85.2 Å². The van der Waals surface area contributed by atoms with E-state index in [0.29, 0.717) is 5.88 Å². The Hall–Kier alpha value is -1.23. The van der Waals surface area contributed by atoms with Gasteiger partial charge in [-0.3, -0.25) is 0 Å². The molecule has 1 fully saturated rings. The van der Waals surface area contributed by atoms with Gasteiger partial charge in [0, 0.05) is 0 Å². The minimum absolute atomic E-state index is 0.0501. The van der Waals surface area contributed by atoms with Crippen molar-refractivity contribution in [3.63, 3.8) is 0 Å². The Balaban J connectivity index is 3.33. The molecule has 0 aromatic carbocycles. The quantitative estimate of drug-likeness (QED) is 0.362. The summed E-state index contributed by atoms with van der Waals surface area (Å²) in [6, 6.07) is -0.0636. The predicted molar refractivity (Wildman–Crippen MR) is 102 cm³/mol. The third-order valence-corrected chi connectivity index (χ3v) is 9.34. The van der Waals surface area contributed by atoms with Crippen molar-refractivity contribution in [2.75, 3.05) is 0 Å². The van der Waals surface area contributed by atoms with Crippen LogP contribution in [0.4, 0.5) is 4.79 Å². The van der Waals surface area contributed by atoms with E-state index >= 15 is 0 Å². The Morgan fingerprint density at radius 2 is 1.88 bits per heavy atom. The molecule has 24 heavy (non-hydrogen) atoms. The van der Waals surface area contributed by atoms with Crippen LogP contribution in [0.1, 0.15) is 55.4 Å². The molecule has 138 valence electrons. The highest BCUT2D eigenvalue weighted by Crippen LogP contribution is 2.42. The summed E-state index contributed by atoms with van der Waals surface area (Å²) in [5.41, 5.74) is -0.545. The molecule has 0 bridgehead atoms. The number of carbonyl (C=O) groups is 1. The average molecular weight is 354 g/mol. The maximum Gasteiger partial charge on any atom is 0.417 e. The normalized spacial score (nSPS) is 22.5. The third-order valence-electron chi connectivity index (χ3n) is 5.00. The molecule has 0 aliphatic carbocycles. The van der Waals surface area contributed by atoms with Gasteiger partial charge in [0.15, 0.2) is 5.88 Å². The van der Waals surface area contributed by atoms with Gasteiger partial charge in [-0.05, 0) is 50.9 Å². The van der Waals surface area contributed by atoms with Crippen LogP contribution in [0.25, 0.3) is 0 Å². The van der Waals surface area contributed by atoms with Crippen LogP contribution in [-0.4, -0.2) is 31.0 Å². The molecule has 1 aliphatic rings. The zero-order valence-corrected chi connectivity index (χ0v) is 18.1. The highest BCUT2D eigenvalue weighted by atomic mass is 28.4. The molecule has 1 heterocycles. The predicted octanol–water partition coefficient (Wildman–Crippen LogP) is 5.68. The summed E-state index contributed by atoms with van der Waals surface area (Å²) in [5.74, 6) is 0.859. The van der Waals surface area contributed by atoms with E-state index in [1.807, 2.05) is 39.0 Å². The highest BCUT2D eigenvalue weighted by Gasteiger charge is 2.52. The Bertz CT molecular complexity index is 527. The van der Waals surface area contributed by atoms with Crippen molar-refractivity contribution in [3.8, 4) is 0 Å². The van der Waals surface area contributed by atoms with Gasteiger partial charge >= 0.3 is 6.09 Å². The smallest absolute Gasteiger partial charge is 0.417 e. The zero-order valence-electron chi connectivity index (χ0n) is 17.1. The van der Waals surface area contributed by atoms with Gasteiger partial charge in [-0.15, -0.1) is 0 Å². The topological polar surface area (TPSA) is 38.8 Å². The molecule has 0 spiro atoms. The van der Waals surface area contributed by atoms with Gasteiger partial charge in [-0.1, -0.05) is 46.8 Å². The molecular weight excluding hydrogens is 318 g/mol. The van der Waals surface area contributed by atoms with Gasteiger partial charge in [-0.2, -0.15) is 0 Å². The van der Waals surface area contributed by atoms with E-state index in [2.05, 4.69) is 47.7 Å². The zero-order chi connectivity index (χ0) is 18.9. The summed E-state index contributed by atoms with van der Waals surface area (Å²) in [6.45, 7) is 21.1. The number of allylic oxidation sites excluding steroid dienone is 3. The van der Waals surface area contributed by atoms with Gasteiger partial charge in [0.2, 0.25) is 0 Å². The van der Waals surface area contributed by atoms with Crippen LogP contribution >= 0.6 is 0 Å². The molecule has 1 saturated heterocycles. The number of cyclic esters (lactones) is 1. The monoisotopic (exact) mass is 353 g/mol. The molecule has 0 unspecified atom stereocenters. The summed E-state index contributed by atoms with van der Waals surface area (Å²) in [5, 5.41) is 0.0501. The SMILES string of the molecule is C/C=C/C=C(\O[Si](C)(C)C(C)(C)C)N1C(=O)OC(C)(C)[C@@H]1C(C)C. The van der Waals surface area contributed by atoms with Crippen molar-refractivity contribution in [1.82, 2.24) is 4.90 Å². The highest BCUT2D eigenvalue weighted by molar-refractivity contribution is 6.74. The number of nitrogens with zero attached hydrogens (tertiary/aromatic N) is 1. The first-order valence-electron chi connectivity index (χ1n) is 8.79. The Labute approximate surface area is 149 Å². The van der Waals surface area contributed by atoms with Crippen LogP contribution in [-0.2, 0) is 9.16 Å². The van der Waals surface area contributed by atoms with E-state index in [0.717, 1.165) is 0 Å². The Morgan fingerprint density at radius 3 is 2.29 bits per heavy atom. The second kappa shape index (κ2) is 6.94. The number of hydrogen-bond acceptors (Lipinski definition) is 3. The summed E-state index contributed by atoms with van der Waals surface area (Å²) < 4.78 is 12.2. The third kappa shape index (κ3) is 4.24. The van der Waals surface area contributed by atoms with Crippen molar-refractivity contribution < 1.29 is 14.0 Å². The number of ether oxygens (including phenoxy) is 1. The molecule has 0 aromatic heterocycles. The fourth-order valence-electron chi connectivity index (χ4n) is 2.84. The first kappa shape index (κ1) is 20.8. The van der Waals surface area contributed by atoms with Gasteiger partial charge < -0.3 is 9.16 Å². The molecule has 4 nitrogen and oxygen atoms in total. The van der Waals surface area contributed by atoms with Crippen LogP contribution in [0.3, 0.4) is 0 Å². The molecule has 1 aliphatic heterocycles. The van der Waals surface area contributed by atoms with Crippen molar-refractivity contribution >= 4 is 14.4 Å². The van der Waals surface area contributed by atoms with E-state index in [-0.39, 0.29) is 23.1 Å². The maximum atomic E-state index is 12.6. The second-order valence-electron chi connectivity index (χ2n) is 8.92. The molecule has 1 rings (SSSR count). The average Bonchev–Trinajstić information content (AvgIpc) is 2.62. The summed E-state index contributed by atoms with van der Waals surface area (Å²) >= 11 is 0. The first-order chi connectivity index (χ1) is 10.7. The lowest BCUT2D eigenvalue weighted by atomic mass is 9.89. The lowest BCUT2D eigenvalue weighted by Crippen LogP contribution is -2.48. The maximum absolute atomic E-state index is 12.6. The van der Waals surface area contributed by atoms with Crippen molar-refractivity contribution in [1.29, 1.82) is 0 Å². The lowest BCUT2D eigenvalue weighted by Gasteiger charge is -2.40. The van der Waals surface area contributed by atoms with Crippen LogP contribution in [0.5, 0.6) is 0 Å². The van der Waals surface area contributed by atoms with Crippen molar-refractivity contribution in [2.24, 2.45) is 5.92 Å². The Morgan fingerprint density at radius 1 is 1.33 bits per heavy atom. The number of carbonyl (C=O) groups excluding carboxylic acids is 1. The standard InChI is InChI=1S/C19H35NO3Si/c1-11-12-13-15(23-24(9,10)18(4,5)6)20-16(14(2)3)19(7,8)22-17(20)21/h11-14,16H,1-10H3/b12-11+,15-13-/t16-/m0/s1. The lowest BCUT2D eigenvalue weighted by molar-refractivity contribution is 0.0546. The van der Waals surface area contributed by atoms with Gasteiger partial charge in [0.05, 0.1) is 6.04 Å². The molecule has 1 amide bonds. The van der Waals surface area contributed by atoms with E-state index in [9.17, 15) is 4.79 Å². The fraction of sp³-hybridized carbons (Fsp3) is 0.737. The first-order valence-corrected chi connectivity index (χ1v) is 11.7. The van der Waals surface area contributed by atoms with E-state index in [1.54, 1.807) is 4.90 Å². The number of amides is 1. The van der Waals surface area contributed by atoms with Crippen LogP contribution < -0.4 is 0 Å². The summed E-state index contributed by atoms with van der Waals surface area (Å²) in [4.78, 5) is 14.3. The molecule has 0 aromatic rings. The fourth-order valence-corrected chi connectivity index (χ4v) is 3.84. The summed E-state index contributed by atoms with van der Waals surface area (Å²) in [7, 11) is -2.08. The molecular formula is C19H35NO3Si. The van der Waals surface area contributed by atoms with Crippen LogP contribution in [0, 0.1) is 5.92 Å². The minimum atomic E-state index is -2.08. The summed E-state index contributed by atoms with van der Waals surface area (Å²) in [6.07, 6.45) is 5.41. The molecule has 5 heteroatoms. The largest absolute Gasteiger partial charge is 0.532 e. The molecule has 0 N–H and O–H groups in total. The van der Waals surface area contributed by atoms with Crippen LogP contribution in [0.15, 0.2) is 24.1 Å². The van der Waals surface area contributed by atoms with Gasteiger partial charge in [-0.25, -0.2) is 9.69 Å². The van der Waals surface area contributed by atoms with E-state index in [1.165, 1.54) is 0 Å². The number of hydrogen-bond donors (Lipinski definition) is 0. The number of rotatable bonds is 5. The van der Waals surface area contributed by atoms with Crippen molar-refractivity contribution in [3.05, 3.63) is 24.1 Å². The van der Waals surface area contributed by atoms with Crippen LogP contribution in [0.2, 0.25) is 18.1 Å². The minimum Gasteiger partial charge on any atom is -0.532 e. The van der Waals surface area contributed by atoms with Gasteiger partial charge in [0.25, 0.3) is 8.32 Å². The molecule has 1 atom stereocenters. The van der Waals surface area contributed by atoms with E-state index in [4.69, 9.17) is 9.16 Å². The Kier molecular flexibility index (Phi) is 6.02. The van der Waals surface area contributed by atoms with E-state index < -0.39 is 13.9 Å². The second-order valence-corrected chi connectivity index (χ2v) is 13.6. The van der Waals surface area contributed by atoms with Gasteiger partial charge in [0.1, 0.15) is 5.60 Å².